The standard InChI is InChI=1S/C17H21BrN2O2S/c1-10(2)17-20-13(9-23-17)8-19-16(21)12(4)22-15-6-5-11(3)7-14(15)18/h5-7,9-10,12H,8H2,1-4H3,(H,19,21). The number of nitrogens with one attached hydrogen (secondary N) is 1. The Morgan fingerprint density at radius 3 is 2.74 bits per heavy atom. The zero-order valence-electron chi connectivity index (χ0n) is 13.7. The van der Waals surface area contributed by atoms with Crippen molar-refractivity contribution in [2.24, 2.45) is 0 Å². The van der Waals surface area contributed by atoms with E-state index >= 15 is 0 Å². The molecule has 1 heterocycles. The lowest BCUT2D eigenvalue weighted by Crippen LogP contribution is -2.36. The van der Waals surface area contributed by atoms with Gasteiger partial charge < -0.3 is 10.1 Å². The molecule has 2 aromatic rings. The highest BCUT2D eigenvalue weighted by Crippen LogP contribution is 2.26. The van der Waals surface area contributed by atoms with Gasteiger partial charge in [-0.1, -0.05) is 19.9 Å². The molecule has 0 radical (unpaired) electrons. The van der Waals surface area contributed by atoms with E-state index in [9.17, 15) is 4.79 Å². The van der Waals surface area contributed by atoms with Crippen molar-refractivity contribution in [1.82, 2.24) is 10.3 Å². The van der Waals surface area contributed by atoms with Crippen LogP contribution in [0.1, 0.15) is 43.0 Å². The van der Waals surface area contributed by atoms with E-state index in [1.165, 1.54) is 0 Å². The number of hydrogen-bond acceptors (Lipinski definition) is 4. The Labute approximate surface area is 149 Å². The monoisotopic (exact) mass is 396 g/mol. The highest BCUT2D eigenvalue weighted by Gasteiger charge is 2.16. The van der Waals surface area contributed by atoms with Gasteiger partial charge in [-0.15, -0.1) is 11.3 Å². The van der Waals surface area contributed by atoms with E-state index in [-0.39, 0.29) is 5.91 Å². The molecule has 0 bridgehead atoms. The van der Waals surface area contributed by atoms with Gasteiger partial charge in [0, 0.05) is 11.3 Å². The van der Waals surface area contributed by atoms with Gasteiger partial charge in [0.05, 0.1) is 21.7 Å². The Kier molecular flexibility index (Phi) is 6.18. The molecule has 1 aromatic carbocycles. The van der Waals surface area contributed by atoms with Gasteiger partial charge in [0.15, 0.2) is 6.10 Å². The predicted octanol–water partition coefficient (Wildman–Crippen LogP) is 4.42. The van der Waals surface area contributed by atoms with Gasteiger partial charge in [0.25, 0.3) is 5.91 Å². The van der Waals surface area contributed by atoms with Crippen LogP contribution in [0.4, 0.5) is 0 Å². The van der Waals surface area contributed by atoms with Crippen LogP contribution >= 0.6 is 27.3 Å². The normalized spacial score (nSPS) is 12.3. The number of aromatic nitrogens is 1. The first kappa shape index (κ1) is 17.9. The molecule has 124 valence electrons. The first-order chi connectivity index (χ1) is 10.9. The minimum Gasteiger partial charge on any atom is -0.480 e. The molecule has 0 aliphatic heterocycles. The molecule has 1 aromatic heterocycles. The first-order valence-corrected chi connectivity index (χ1v) is 9.19. The van der Waals surface area contributed by atoms with Crippen molar-refractivity contribution in [1.29, 1.82) is 0 Å². The highest BCUT2D eigenvalue weighted by molar-refractivity contribution is 9.10. The van der Waals surface area contributed by atoms with E-state index in [0.717, 1.165) is 20.7 Å². The molecule has 1 amide bonds. The van der Waals surface area contributed by atoms with E-state index in [0.29, 0.717) is 18.2 Å². The molecule has 0 aliphatic carbocycles. The van der Waals surface area contributed by atoms with Gasteiger partial charge in [-0.25, -0.2) is 4.98 Å². The number of thiazole rings is 1. The molecule has 0 fully saturated rings. The minimum atomic E-state index is -0.572. The number of carbonyl (C=O) groups is 1. The van der Waals surface area contributed by atoms with E-state index in [1.807, 2.05) is 30.5 Å². The van der Waals surface area contributed by atoms with Gasteiger partial charge in [0.1, 0.15) is 5.75 Å². The summed E-state index contributed by atoms with van der Waals surface area (Å²) in [6, 6.07) is 5.77. The van der Waals surface area contributed by atoms with Gasteiger partial charge in [-0.2, -0.15) is 0 Å². The summed E-state index contributed by atoms with van der Waals surface area (Å²) < 4.78 is 6.56. The Bertz CT molecular complexity index is 685. The second kappa shape index (κ2) is 7.93. The molecule has 0 aliphatic rings. The average Bonchev–Trinajstić information content (AvgIpc) is 2.96. The van der Waals surface area contributed by atoms with E-state index < -0.39 is 6.10 Å². The summed E-state index contributed by atoms with van der Waals surface area (Å²) in [5, 5.41) is 5.94. The molecular formula is C17H21BrN2O2S. The van der Waals surface area contributed by atoms with Crippen molar-refractivity contribution >= 4 is 33.2 Å². The summed E-state index contributed by atoms with van der Waals surface area (Å²) in [4.78, 5) is 16.7. The quantitative estimate of drug-likeness (QED) is 0.785. The zero-order chi connectivity index (χ0) is 17.0. The van der Waals surface area contributed by atoms with Gasteiger partial charge >= 0.3 is 0 Å². The molecule has 6 heteroatoms. The third kappa shape index (κ3) is 5.04. The SMILES string of the molecule is Cc1ccc(OC(C)C(=O)NCc2csc(C(C)C)n2)c(Br)c1. The van der Waals surface area contributed by atoms with Crippen LogP contribution in [0.2, 0.25) is 0 Å². The lowest BCUT2D eigenvalue weighted by atomic mass is 10.2. The topological polar surface area (TPSA) is 51.2 Å². The number of aryl methyl sites for hydroxylation is 1. The summed E-state index contributed by atoms with van der Waals surface area (Å²) in [5.74, 6) is 0.913. The molecule has 0 spiro atoms. The van der Waals surface area contributed by atoms with Gasteiger partial charge in [0.2, 0.25) is 0 Å². The fourth-order valence-corrected chi connectivity index (χ4v) is 3.36. The maximum atomic E-state index is 12.2. The van der Waals surface area contributed by atoms with E-state index in [1.54, 1.807) is 18.3 Å². The number of nitrogens with zero attached hydrogens (tertiary/aromatic N) is 1. The molecule has 1 N–H and O–H groups in total. The number of benzene rings is 1. The lowest BCUT2D eigenvalue weighted by molar-refractivity contribution is -0.127. The number of hydrogen-bond donors (Lipinski definition) is 1. The summed E-state index contributed by atoms with van der Waals surface area (Å²) in [6.45, 7) is 8.38. The lowest BCUT2D eigenvalue weighted by Gasteiger charge is -2.15. The molecule has 4 nitrogen and oxygen atoms in total. The third-order valence-electron chi connectivity index (χ3n) is 3.27. The Hall–Kier alpha value is -1.40. The fourth-order valence-electron chi connectivity index (χ4n) is 1.94. The van der Waals surface area contributed by atoms with Crippen molar-refractivity contribution in [3.8, 4) is 5.75 Å². The van der Waals surface area contributed by atoms with Crippen LogP contribution in [-0.2, 0) is 11.3 Å². The summed E-state index contributed by atoms with van der Waals surface area (Å²) in [5.41, 5.74) is 2.02. The number of carbonyl (C=O) groups excluding carboxylic acids is 1. The zero-order valence-corrected chi connectivity index (χ0v) is 16.1. The maximum absolute atomic E-state index is 12.2. The molecular weight excluding hydrogens is 376 g/mol. The molecule has 23 heavy (non-hydrogen) atoms. The van der Waals surface area contributed by atoms with Crippen molar-refractivity contribution in [2.45, 2.75) is 46.3 Å². The number of halogens is 1. The van der Waals surface area contributed by atoms with Gasteiger partial charge in [-0.3, -0.25) is 4.79 Å². The Balaban J connectivity index is 1.89. The Morgan fingerprint density at radius 1 is 1.39 bits per heavy atom. The fraction of sp³-hybridized carbons (Fsp3) is 0.412. The van der Waals surface area contributed by atoms with E-state index in [2.05, 4.69) is 40.1 Å². The Morgan fingerprint density at radius 2 is 2.13 bits per heavy atom. The highest BCUT2D eigenvalue weighted by atomic mass is 79.9. The molecule has 0 saturated carbocycles. The van der Waals surface area contributed by atoms with Crippen LogP contribution < -0.4 is 10.1 Å². The number of ether oxygens (including phenoxy) is 1. The largest absolute Gasteiger partial charge is 0.480 e. The van der Waals surface area contributed by atoms with Crippen LogP contribution in [-0.4, -0.2) is 17.0 Å². The van der Waals surface area contributed by atoms with Crippen molar-refractivity contribution < 1.29 is 9.53 Å². The predicted molar refractivity (Wildman–Crippen MR) is 97.0 cm³/mol. The van der Waals surface area contributed by atoms with Crippen molar-refractivity contribution in [3.63, 3.8) is 0 Å². The molecule has 1 unspecified atom stereocenters. The van der Waals surface area contributed by atoms with Crippen molar-refractivity contribution in [3.05, 3.63) is 44.3 Å². The van der Waals surface area contributed by atoms with Crippen LogP contribution in [0.15, 0.2) is 28.1 Å². The number of rotatable bonds is 6. The van der Waals surface area contributed by atoms with Crippen molar-refractivity contribution in [2.75, 3.05) is 0 Å². The van der Waals surface area contributed by atoms with Crippen LogP contribution in [0, 0.1) is 6.92 Å². The minimum absolute atomic E-state index is 0.156. The average molecular weight is 397 g/mol. The molecule has 1 atom stereocenters. The molecule has 0 saturated heterocycles. The second-order valence-electron chi connectivity index (χ2n) is 5.74. The van der Waals surface area contributed by atoms with Gasteiger partial charge in [-0.05, 0) is 47.5 Å². The summed E-state index contributed by atoms with van der Waals surface area (Å²) in [7, 11) is 0. The van der Waals surface area contributed by atoms with Crippen LogP contribution in [0.3, 0.4) is 0 Å². The van der Waals surface area contributed by atoms with Crippen LogP contribution in [0.25, 0.3) is 0 Å². The van der Waals surface area contributed by atoms with Crippen LogP contribution in [0.5, 0.6) is 5.75 Å². The maximum Gasteiger partial charge on any atom is 0.261 e. The summed E-state index contributed by atoms with van der Waals surface area (Å²) >= 11 is 5.08. The number of amides is 1. The first-order valence-electron chi connectivity index (χ1n) is 7.51. The second-order valence-corrected chi connectivity index (χ2v) is 7.49. The smallest absolute Gasteiger partial charge is 0.261 e. The summed E-state index contributed by atoms with van der Waals surface area (Å²) in [6.07, 6.45) is -0.572. The third-order valence-corrected chi connectivity index (χ3v) is 5.08. The molecule has 2 rings (SSSR count). The van der Waals surface area contributed by atoms with E-state index in [4.69, 9.17) is 4.74 Å².